The summed E-state index contributed by atoms with van der Waals surface area (Å²) in [4.78, 5) is 16.6. The second kappa shape index (κ2) is 8.66. The highest BCUT2D eigenvalue weighted by Crippen LogP contribution is 2.23. The molecule has 0 spiro atoms. The number of hydrogen-bond donors (Lipinski definition) is 1. The molecule has 1 amide bonds. The van der Waals surface area contributed by atoms with E-state index >= 15 is 0 Å². The molecule has 0 aliphatic heterocycles. The summed E-state index contributed by atoms with van der Waals surface area (Å²) in [5.74, 6) is -0.461. The number of benzene rings is 1. The van der Waals surface area contributed by atoms with Crippen LogP contribution in [0.1, 0.15) is 10.4 Å². The van der Waals surface area contributed by atoms with Crippen molar-refractivity contribution >= 4 is 5.91 Å². The lowest BCUT2D eigenvalue weighted by Gasteiger charge is -2.08. The lowest BCUT2D eigenvalue weighted by Crippen LogP contribution is -2.29. The molecular formula is C19H17F3N4O2. The molecule has 9 heteroatoms. The van der Waals surface area contributed by atoms with Gasteiger partial charge in [0.05, 0.1) is 17.9 Å². The summed E-state index contributed by atoms with van der Waals surface area (Å²) in [5.41, 5.74) is 2.12. The molecule has 1 aromatic carbocycles. The Labute approximate surface area is 159 Å². The van der Waals surface area contributed by atoms with Gasteiger partial charge in [0.1, 0.15) is 12.3 Å². The molecule has 146 valence electrons. The SMILES string of the molecule is O=C(NCCOCC(F)(F)F)c1cn(-c2ccccc2)nc1-c1cccnc1. The van der Waals surface area contributed by atoms with Gasteiger partial charge in [-0.25, -0.2) is 4.68 Å². The van der Waals surface area contributed by atoms with Crippen molar-refractivity contribution in [3.8, 4) is 16.9 Å². The van der Waals surface area contributed by atoms with Gasteiger partial charge in [-0.05, 0) is 24.3 Å². The molecule has 0 aliphatic carbocycles. The van der Waals surface area contributed by atoms with E-state index in [2.05, 4.69) is 20.1 Å². The van der Waals surface area contributed by atoms with Crippen LogP contribution in [0.4, 0.5) is 13.2 Å². The average Bonchev–Trinajstić information content (AvgIpc) is 3.14. The molecule has 0 unspecified atom stereocenters. The van der Waals surface area contributed by atoms with E-state index in [-0.39, 0.29) is 18.7 Å². The Bertz CT molecular complexity index is 912. The van der Waals surface area contributed by atoms with Crippen molar-refractivity contribution < 1.29 is 22.7 Å². The van der Waals surface area contributed by atoms with E-state index in [1.54, 1.807) is 35.4 Å². The zero-order valence-corrected chi connectivity index (χ0v) is 14.7. The monoisotopic (exact) mass is 390 g/mol. The minimum atomic E-state index is -4.39. The maximum Gasteiger partial charge on any atom is 0.411 e. The van der Waals surface area contributed by atoms with Crippen molar-refractivity contribution in [2.45, 2.75) is 6.18 Å². The third kappa shape index (κ3) is 5.17. The topological polar surface area (TPSA) is 69.0 Å². The van der Waals surface area contributed by atoms with Gasteiger partial charge in [-0.1, -0.05) is 18.2 Å². The fourth-order valence-corrected chi connectivity index (χ4v) is 2.49. The maximum atomic E-state index is 12.6. The van der Waals surface area contributed by atoms with Crippen LogP contribution < -0.4 is 5.32 Å². The number of rotatable bonds is 7. The third-order valence-corrected chi connectivity index (χ3v) is 3.71. The van der Waals surface area contributed by atoms with Gasteiger partial charge >= 0.3 is 6.18 Å². The van der Waals surface area contributed by atoms with E-state index in [0.717, 1.165) is 5.69 Å². The molecule has 3 aromatic rings. The zero-order chi connectivity index (χ0) is 20.0. The normalized spacial score (nSPS) is 11.4. The van der Waals surface area contributed by atoms with Gasteiger partial charge < -0.3 is 10.1 Å². The quantitative estimate of drug-likeness (QED) is 0.629. The number of carbonyl (C=O) groups excluding carboxylic acids is 1. The number of amides is 1. The van der Waals surface area contributed by atoms with Gasteiger partial charge in [-0.2, -0.15) is 18.3 Å². The van der Waals surface area contributed by atoms with Crippen LogP contribution in [0.15, 0.2) is 61.1 Å². The number of hydrogen-bond acceptors (Lipinski definition) is 4. The molecular weight excluding hydrogens is 373 g/mol. The van der Waals surface area contributed by atoms with Crippen LogP contribution >= 0.6 is 0 Å². The van der Waals surface area contributed by atoms with Gasteiger partial charge in [0.15, 0.2) is 0 Å². The van der Waals surface area contributed by atoms with Crippen LogP contribution in [0.25, 0.3) is 16.9 Å². The Morgan fingerprint density at radius 2 is 1.93 bits per heavy atom. The van der Waals surface area contributed by atoms with Gasteiger partial charge in [0, 0.05) is 30.7 Å². The maximum absolute atomic E-state index is 12.6. The molecule has 0 fully saturated rings. The van der Waals surface area contributed by atoms with E-state index in [0.29, 0.717) is 11.3 Å². The van der Waals surface area contributed by atoms with Crippen LogP contribution in [0.2, 0.25) is 0 Å². The number of nitrogens with zero attached hydrogens (tertiary/aromatic N) is 3. The highest BCUT2D eigenvalue weighted by molar-refractivity contribution is 5.99. The fourth-order valence-electron chi connectivity index (χ4n) is 2.49. The molecule has 1 N–H and O–H groups in total. The van der Waals surface area contributed by atoms with E-state index in [1.807, 2.05) is 30.3 Å². The van der Waals surface area contributed by atoms with Crippen molar-refractivity contribution in [1.29, 1.82) is 0 Å². The molecule has 6 nitrogen and oxygen atoms in total. The molecule has 0 aliphatic rings. The van der Waals surface area contributed by atoms with Crippen LogP contribution in [-0.4, -0.2) is 46.6 Å². The molecule has 0 atom stereocenters. The Morgan fingerprint density at radius 1 is 1.14 bits per heavy atom. The molecule has 2 aromatic heterocycles. The van der Waals surface area contributed by atoms with E-state index in [1.165, 1.54) is 0 Å². The standard InChI is InChI=1S/C19H17F3N4O2/c20-19(21,22)13-28-10-9-24-18(27)16-12-26(15-6-2-1-3-7-15)25-17(16)14-5-4-8-23-11-14/h1-8,11-12H,9-10,13H2,(H,24,27). The van der Waals surface area contributed by atoms with E-state index in [9.17, 15) is 18.0 Å². The Hall–Kier alpha value is -3.20. The lowest BCUT2D eigenvalue weighted by molar-refractivity contribution is -0.173. The van der Waals surface area contributed by atoms with Gasteiger partial charge in [0.25, 0.3) is 5.91 Å². The zero-order valence-electron chi connectivity index (χ0n) is 14.7. The van der Waals surface area contributed by atoms with Crippen molar-refractivity contribution in [3.63, 3.8) is 0 Å². The Kier molecular flexibility index (Phi) is 6.05. The summed E-state index contributed by atoms with van der Waals surface area (Å²) in [6.45, 7) is -1.66. The summed E-state index contributed by atoms with van der Waals surface area (Å²) < 4.78 is 42.3. The number of pyridine rings is 1. The molecule has 0 radical (unpaired) electrons. The predicted octanol–water partition coefficient (Wildman–Crippen LogP) is 3.24. The molecule has 2 heterocycles. The highest BCUT2D eigenvalue weighted by atomic mass is 19.4. The molecule has 3 rings (SSSR count). The number of alkyl halides is 3. The Morgan fingerprint density at radius 3 is 2.61 bits per heavy atom. The second-order valence-electron chi connectivity index (χ2n) is 5.84. The summed E-state index contributed by atoms with van der Waals surface area (Å²) in [6, 6.07) is 12.7. The van der Waals surface area contributed by atoms with Crippen molar-refractivity contribution in [1.82, 2.24) is 20.1 Å². The number of carbonyl (C=O) groups is 1. The first-order valence-corrected chi connectivity index (χ1v) is 8.42. The minimum absolute atomic E-state index is 0.0576. The summed E-state index contributed by atoms with van der Waals surface area (Å²) in [5, 5.41) is 7.04. The molecule has 0 saturated heterocycles. The van der Waals surface area contributed by atoms with Crippen molar-refractivity contribution in [2.75, 3.05) is 19.8 Å². The smallest absolute Gasteiger partial charge is 0.370 e. The molecule has 0 bridgehead atoms. The second-order valence-corrected chi connectivity index (χ2v) is 5.84. The molecule has 0 saturated carbocycles. The average molecular weight is 390 g/mol. The van der Waals surface area contributed by atoms with Crippen LogP contribution in [0, 0.1) is 0 Å². The predicted molar refractivity (Wildman–Crippen MR) is 96.0 cm³/mol. The summed E-state index contributed by atoms with van der Waals surface area (Å²) >= 11 is 0. The number of ether oxygens (including phenoxy) is 1. The minimum Gasteiger partial charge on any atom is -0.370 e. The first-order valence-electron chi connectivity index (χ1n) is 8.42. The summed E-state index contributed by atoms with van der Waals surface area (Å²) in [6.07, 6.45) is 0.369. The number of aromatic nitrogens is 3. The van der Waals surface area contributed by atoms with Gasteiger partial charge in [-0.15, -0.1) is 0 Å². The van der Waals surface area contributed by atoms with Gasteiger partial charge in [0.2, 0.25) is 0 Å². The van der Waals surface area contributed by atoms with Crippen molar-refractivity contribution in [3.05, 3.63) is 66.6 Å². The lowest BCUT2D eigenvalue weighted by atomic mass is 10.1. The number of halogens is 3. The number of nitrogens with one attached hydrogen (secondary N) is 1. The van der Waals surface area contributed by atoms with E-state index in [4.69, 9.17) is 0 Å². The number of para-hydroxylation sites is 1. The largest absolute Gasteiger partial charge is 0.411 e. The van der Waals surface area contributed by atoms with E-state index < -0.39 is 18.7 Å². The van der Waals surface area contributed by atoms with Crippen LogP contribution in [-0.2, 0) is 4.74 Å². The fraction of sp³-hybridized carbons (Fsp3) is 0.211. The van der Waals surface area contributed by atoms with Gasteiger partial charge in [-0.3, -0.25) is 9.78 Å². The van der Waals surface area contributed by atoms with Crippen molar-refractivity contribution in [2.24, 2.45) is 0 Å². The third-order valence-electron chi connectivity index (χ3n) is 3.71. The first-order chi connectivity index (χ1) is 13.4. The highest BCUT2D eigenvalue weighted by Gasteiger charge is 2.27. The molecule has 28 heavy (non-hydrogen) atoms. The summed E-state index contributed by atoms with van der Waals surface area (Å²) in [7, 11) is 0. The Balaban J connectivity index is 1.77. The first kappa shape index (κ1) is 19.6. The van der Waals surface area contributed by atoms with Crippen LogP contribution in [0.3, 0.4) is 0 Å². The van der Waals surface area contributed by atoms with Crippen LogP contribution in [0.5, 0.6) is 0 Å².